The summed E-state index contributed by atoms with van der Waals surface area (Å²) in [6.07, 6.45) is 1.57. The first-order valence-electron chi connectivity index (χ1n) is 7.01. The SMILES string of the molecule is O=C(CCCOc1ccc(Cl)cc1)NCC(O)c1ccco1. The summed E-state index contributed by atoms with van der Waals surface area (Å²) in [7, 11) is 0. The second-order valence-corrected chi connectivity index (χ2v) is 5.18. The number of hydrogen-bond acceptors (Lipinski definition) is 4. The van der Waals surface area contributed by atoms with Gasteiger partial charge in [0.25, 0.3) is 0 Å². The van der Waals surface area contributed by atoms with E-state index in [4.69, 9.17) is 20.8 Å². The van der Waals surface area contributed by atoms with Crippen LogP contribution in [0.4, 0.5) is 0 Å². The van der Waals surface area contributed by atoms with Crippen molar-refractivity contribution in [3.63, 3.8) is 0 Å². The van der Waals surface area contributed by atoms with E-state index in [9.17, 15) is 9.90 Å². The molecule has 2 N–H and O–H groups in total. The van der Waals surface area contributed by atoms with Crippen LogP contribution in [-0.4, -0.2) is 24.2 Å². The molecule has 1 atom stereocenters. The number of hydrogen-bond donors (Lipinski definition) is 2. The van der Waals surface area contributed by atoms with Gasteiger partial charge in [0, 0.05) is 11.4 Å². The summed E-state index contributed by atoms with van der Waals surface area (Å²) in [5, 5.41) is 13.1. The van der Waals surface area contributed by atoms with E-state index in [2.05, 4.69) is 5.32 Å². The van der Waals surface area contributed by atoms with Crippen molar-refractivity contribution in [2.45, 2.75) is 18.9 Å². The predicted molar refractivity (Wildman–Crippen MR) is 82.9 cm³/mol. The molecule has 1 unspecified atom stereocenters. The Morgan fingerprint density at radius 3 is 2.77 bits per heavy atom. The van der Waals surface area contributed by atoms with Gasteiger partial charge in [-0.2, -0.15) is 0 Å². The van der Waals surface area contributed by atoms with Crippen molar-refractivity contribution in [3.05, 3.63) is 53.4 Å². The molecule has 0 aliphatic rings. The molecule has 2 rings (SSSR count). The van der Waals surface area contributed by atoms with Gasteiger partial charge in [-0.15, -0.1) is 0 Å². The average Bonchev–Trinajstić information content (AvgIpc) is 3.05. The first kappa shape index (κ1) is 16.4. The average molecular weight is 324 g/mol. The second-order valence-electron chi connectivity index (χ2n) is 4.74. The standard InChI is InChI=1S/C16H18ClNO4/c17-12-5-7-13(8-6-12)21-9-2-4-16(20)18-11-14(19)15-3-1-10-22-15/h1,3,5-8,10,14,19H,2,4,9,11H2,(H,18,20). The fraction of sp³-hybridized carbons (Fsp3) is 0.312. The molecule has 0 aliphatic carbocycles. The fourth-order valence-electron chi connectivity index (χ4n) is 1.83. The molecule has 2 aromatic rings. The zero-order valence-electron chi connectivity index (χ0n) is 12.0. The van der Waals surface area contributed by atoms with Gasteiger partial charge in [-0.05, 0) is 42.8 Å². The maximum Gasteiger partial charge on any atom is 0.220 e. The minimum absolute atomic E-state index is 0.129. The van der Waals surface area contributed by atoms with Gasteiger partial charge >= 0.3 is 0 Å². The Morgan fingerprint density at radius 1 is 1.32 bits per heavy atom. The normalized spacial score (nSPS) is 11.9. The predicted octanol–water partition coefficient (Wildman–Crippen LogP) is 2.94. The van der Waals surface area contributed by atoms with Crippen molar-refractivity contribution in [1.82, 2.24) is 5.32 Å². The van der Waals surface area contributed by atoms with Gasteiger partial charge in [-0.25, -0.2) is 0 Å². The second kappa shape index (κ2) is 8.46. The van der Waals surface area contributed by atoms with E-state index in [-0.39, 0.29) is 12.5 Å². The summed E-state index contributed by atoms with van der Waals surface area (Å²) in [4.78, 5) is 11.6. The van der Waals surface area contributed by atoms with E-state index in [1.807, 2.05) is 0 Å². The summed E-state index contributed by atoms with van der Waals surface area (Å²) in [5.74, 6) is 1.02. The molecular weight excluding hydrogens is 306 g/mol. The van der Waals surface area contributed by atoms with Crippen LogP contribution >= 0.6 is 11.6 Å². The fourth-order valence-corrected chi connectivity index (χ4v) is 1.96. The highest BCUT2D eigenvalue weighted by Crippen LogP contribution is 2.15. The van der Waals surface area contributed by atoms with Crippen LogP contribution in [0.3, 0.4) is 0 Å². The molecule has 1 aromatic carbocycles. The van der Waals surface area contributed by atoms with Crippen LogP contribution < -0.4 is 10.1 Å². The molecule has 5 nitrogen and oxygen atoms in total. The van der Waals surface area contributed by atoms with E-state index < -0.39 is 6.10 Å². The Hall–Kier alpha value is -1.98. The van der Waals surface area contributed by atoms with Gasteiger partial charge in [0.05, 0.1) is 19.4 Å². The monoisotopic (exact) mass is 323 g/mol. The molecule has 0 saturated heterocycles. The van der Waals surface area contributed by atoms with Gasteiger partial charge in [0.1, 0.15) is 17.6 Å². The van der Waals surface area contributed by atoms with Crippen LogP contribution in [-0.2, 0) is 4.79 Å². The smallest absolute Gasteiger partial charge is 0.220 e. The number of benzene rings is 1. The molecule has 1 aromatic heterocycles. The maximum atomic E-state index is 11.6. The lowest BCUT2D eigenvalue weighted by atomic mass is 10.2. The third-order valence-corrected chi connectivity index (χ3v) is 3.25. The molecule has 0 radical (unpaired) electrons. The van der Waals surface area contributed by atoms with E-state index in [0.717, 1.165) is 5.75 Å². The number of halogens is 1. The number of carbonyl (C=O) groups excluding carboxylic acids is 1. The molecule has 118 valence electrons. The molecule has 0 bridgehead atoms. The zero-order chi connectivity index (χ0) is 15.8. The lowest BCUT2D eigenvalue weighted by Gasteiger charge is -2.10. The lowest BCUT2D eigenvalue weighted by molar-refractivity contribution is -0.121. The van der Waals surface area contributed by atoms with Crippen LogP contribution in [0.15, 0.2) is 47.1 Å². The summed E-state index contributed by atoms with van der Waals surface area (Å²) in [6, 6.07) is 10.4. The molecular formula is C16H18ClNO4. The van der Waals surface area contributed by atoms with Crippen molar-refractivity contribution in [1.29, 1.82) is 0 Å². The van der Waals surface area contributed by atoms with E-state index in [0.29, 0.717) is 30.2 Å². The molecule has 22 heavy (non-hydrogen) atoms. The Labute approximate surface area is 133 Å². The van der Waals surface area contributed by atoms with Crippen molar-refractivity contribution in [3.8, 4) is 5.75 Å². The molecule has 0 fully saturated rings. The Bertz CT molecular complexity index is 568. The quantitative estimate of drug-likeness (QED) is 0.733. The number of nitrogens with one attached hydrogen (secondary N) is 1. The highest BCUT2D eigenvalue weighted by molar-refractivity contribution is 6.30. The molecule has 0 aliphatic heterocycles. The minimum Gasteiger partial charge on any atom is -0.494 e. The van der Waals surface area contributed by atoms with Crippen LogP contribution in [0.5, 0.6) is 5.75 Å². The van der Waals surface area contributed by atoms with Gasteiger partial charge in [-0.1, -0.05) is 11.6 Å². The lowest BCUT2D eigenvalue weighted by Crippen LogP contribution is -2.28. The number of amides is 1. The van der Waals surface area contributed by atoms with Gasteiger partial charge in [-0.3, -0.25) is 4.79 Å². The molecule has 1 amide bonds. The number of ether oxygens (including phenoxy) is 1. The van der Waals surface area contributed by atoms with E-state index >= 15 is 0 Å². The van der Waals surface area contributed by atoms with Gasteiger partial charge < -0.3 is 19.6 Å². The van der Waals surface area contributed by atoms with Crippen LogP contribution in [0, 0.1) is 0 Å². The summed E-state index contributed by atoms with van der Waals surface area (Å²) >= 11 is 5.78. The van der Waals surface area contributed by atoms with Crippen molar-refractivity contribution in [2.75, 3.05) is 13.2 Å². The Balaban J connectivity index is 1.58. The first-order valence-corrected chi connectivity index (χ1v) is 7.39. The highest BCUT2D eigenvalue weighted by atomic mass is 35.5. The molecule has 1 heterocycles. The third-order valence-electron chi connectivity index (χ3n) is 2.99. The first-order chi connectivity index (χ1) is 10.6. The van der Waals surface area contributed by atoms with Gasteiger partial charge in [0.15, 0.2) is 0 Å². The van der Waals surface area contributed by atoms with E-state index in [1.54, 1.807) is 36.4 Å². The van der Waals surface area contributed by atoms with Gasteiger partial charge in [0.2, 0.25) is 5.91 Å². The summed E-state index contributed by atoms with van der Waals surface area (Å²) < 4.78 is 10.5. The molecule has 0 saturated carbocycles. The Kier molecular flexibility index (Phi) is 6.30. The van der Waals surface area contributed by atoms with Crippen LogP contribution in [0.25, 0.3) is 0 Å². The number of aliphatic hydroxyl groups excluding tert-OH is 1. The zero-order valence-corrected chi connectivity index (χ0v) is 12.8. The third kappa shape index (κ3) is 5.42. The van der Waals surface area contributed by atoms with Crippen molar-refractivity contribution >= 4 is 17.5 Å². The van der Waals surface area contributed by atoms with Crippen molar-refractivity contribution < 1.29 is 19.1 Å². The molecule has 6 heteroatoms. The topological polar surface area (TPSA) is 71.7 Å². The highest BCUT2D eigenvalue weighted by Gasteiger charge is 2.11. The number of rotatable bonds is 8. The number of carbonyl (C=O) groups is 1. The van der Waals surface area contributed by atoms with Crippen LogP contribution in [0.1, 0.15) is 24.7 Å². The van der Waals surface area contributed by atoms with Crippen LogP contribution in [0.2, 0.25) is 5.02 Å². The minimum atomic E-state index is -0.829. The van der Waals surface area contributed by atoms with E-state index in [1.165, 1.54) is 6.26 Å². The Morgan fingerprint density at radius 2 is 2.09 bits per heavy atom. The van der Waals surface area contributed by atoms with Crippen molar-refractivity contribution in [2.24, 2.45) is 0 Å². The number of aliphatic hydroxyl groups is 1. The molecule has 0 spiro atoms. The maximum absolute atomic E-state index is 11.6. The number of furan rings is 1. The summed E-state index contributed by atoms with van der Waals surface area (Å²) in [5.41, 5.74) is 0. The summed E-state index contributed by atoms with van der Waals surface area (Å²) in [6.45, 7) is 0.570. The largest absolute Gasteiger partial charge is 0.494 e.